The van der Waals surface area contributed by atoms with Crippen LogP contribution in [0.3, 0.4) is 0 Å². The van der Waals surface area contributed by atoms with Crippen LogP contribution in [0.2, 0.25) is 0 Å². The van der Waals surface area contributed by atoms with E-state index in [4.69, 9.17) is 0 Å². The molecule has 35 heavy (non-hydrogen) atoms. The fourth-order valence-corrected chi connectivity index (χ4v) is 5.81. The van der Waals surface area contributed by atoms with E-state index >= 15 is 0 Å². The van der Waals surface area contributed by atoms with E-state index in [2.05, 4.69) is 16.3 Å². The summed E-state index contributed by atoms with van der Waals surface area (Å²) in [4.78, 5) is 1.33. The van der Waals surface area contributed by atoms with Gasteiger partial charge in [-0.05, 0) is 63.8 Å². The Morgan fingerprint density at radius 2 is 1.83 bits per heavy atom. The van der Waals surface area contributed by atoms with Crippen LogP contribution in [0.25, 0.3) is 16.6 Å². The minimum Gasteiger partial charge on any atom is -0.390 e. The number of hydrogen-bond donors (Lipinski definition) is 1. The van der Waals surface area contributed by atoms with Gasteiger partial charge in [0.15, 0.2) is 0 Å². The summed E-state index contributed by atoms with van der Waals surface area (Å²) in [6, 6.07) is 10.5. The molecule has 176 valence electrons. The van der Waals surface area contributed by atoms with E-state index in [0.29, 0.717) is 16.0 Å². The number of rotatable bonds is 4. The molecular formula is C26H23FN6OS. The summed E-state index contributed by atoms with van der Waals surface area (Å²) < 4.78 is 17.4. The molecule has 4 aromatic rings. The van der Waals surface area contributed by atoms with Crippen molar-refractivity contribution >= 4 is 17.3 Å². The van der Waals surface area contributed by atoms with Crippen molar-refractivity contribution in [3.63, 3.8) is 0 Å². The number of fused-ring (bicyclic) bond motifs is 1. The number of halogens is 1. The zero-order chi connectivity index (χ0) is 24.7. The second-order valence-corrected chi connectivity index (χ2v) is 10.3. The van der Waals surface area contributed by atoms with Gasteiger partial charge in [0.05, 0.1) is 40.7 Å². The van der Waals surface area contributed by atoms with Gasteiger partial charge >= 0.3 is 0 Å². The van der Waals surface area contributed by atoms with Crippen molar-refractivity contribution in [2.45, 2.75) is 61.0 Å². The van der Waals surface area contributed by atoms with E-state index in [9.17, 15) is 20.0 Å². The Bertz CT molecular complexity index is 1510. The molecule has 0 unspecified atom stereocenters. The summed E-state index contributed by atoms with van der Waals surface area (Å²) >= 11 is 1.30. The van der Waals surface area contributed by atoms with Crippen molar-refractivity contribution in [2.24, 2.45) is 0 Å². The van der Waals surface area contributed by atoms with Crippen molar-refractivity contribution in [3.05, 3.63) is 65.5 Å². The molecule has 0 amide bonds. The molecule has 1 saturated carbocycles. The third-order valence-electron chi connectivity index (χ3n) is 6.71. The molecule has 3 aromatic heterocycles. The maximum absolute atomic E-state index is 13.7. The number of nitrogens with zero attached hydrogens (tertiary/aromatic N) is 6. The Kier molecular flexibility index (Phi) is 5.84. The molecule has 3 heterocycles. The van der Waals surface area contributed by atoms with Gasteiger partial charge < -0.3 is 5.11 Å². The van der Waals surface area contributed by atoms with Crippen molar-refractivity contribution in [2.75, 3.05) is 0 Å². The second-order valence-electron chi connectivity index (χ2n) is 9.23. The first-order valence-corrected chi connectivity index (χ1v) is 12.2. The Morgan fingerprint density at radius 3 is 2.54 bits per heavy atom. The maximum Gasteiger partial charge on any atom is 0.124 e. The quantitative estimate of drug-likeness (QED) is 0.414. The van der Waals surface area contributed by atoms with E-state index in [1.54, 1.807) is 10.6 Å². The van der Waals surface area contributed by atoms with E-state index in [-0.39, 0.29) is 11.6 Å². The van der Waals surface area contributed by atoms with Gasteiger partial charge in [-0.1, -0.05) is 11.8 Å². The fraction of sp³-hybridized carbons (Fsp3) is 0.308. The van der Waals surface area contributed by atoms with Gasteiger partial charge in [0.25, 0.3) is 0 Å². The molecule has 1 aromatic carbocycles. The third kappa shape index (κ3) is 4.29. The number of nitriles is 2. The smallest absolute Gasteiger partial charge is 0.124 e. The number of pyridine rings is 1. The van der Waals surface area contributed by atoms with E-state index in [0.717, 1.165) is 47.4 Å². The van der Waals surface area contributed by atoms with Crippen molar-refractivity contribution in [1.29, 1.82) is 10.5 Å². The predicted molar refractivity (Wildman–Crippen MR) is 129 cm³/mol. The highest BCUT2D eigenvalue weighted by Crippen LogP contribution is 2.39. The minimum absolute atomic E-state index is 0.230. The Labute approximate surface area is 206 Å². The van der Waals surface area contributed by atoms with E-state index < -0.39 is 11.4 Å². The van der Waals surface area contributed by atoms with Crippen LogP contribution in [0.1, 0.15) is 55.5 Å². The summed E-state index contributed by atoms with van der Waals surface area (Å²) in [6.07, 6.45) is 8.43. The monoisotopic (exact) mass is 486 g/mol. The molecule has 5 rings (SSSR count). The lowest BCUT2D eigenvalue weighted by atomic mass is 9.83. The largest absolute Gasteiger partial charge is 0.390 e. The Morgan fingerprint density at radius 1 is 1.09 bits per heavy atom. The van der Waals surface area contributed by atoms with Crippen molar-refractivity contribution in [3.8, 4) is 23.3 Å². The molecule has 9 heteroatoms. The minimum atomic E-state index is -0.612. The first-order chi connectivity index (χ1) is 16.8. The highest BCUT2D eigenvalue weighted by atomic mass is 32.2. The lowest BCUT2D eigenvalue weighted by Gasteiger charge is -2.33. The van der Waals surface area contributed by atoms with Crippen molar-refractivity contribution in [1.82, 2.24) is 19.4 Å². The topological polar surface area (TPSA) is 103 Å². The van der Waals surface area contributed by atoms with Crippen LogP contribution in [-0.2, 0) is 0 Å². The third-order valence-corrected chi connectivity index (χ3v) is 7.82. The average molecular weight is 487 g/mol. The van der Waals surface area contributed by atoms with Gasteiger partial charge in [-0.25, -0.2) is 8.91 Å². The second kappa shape index (κ2) is 8.84. The maximum atomic E-state index is 13.7. The molecule has 1 aliphatic carbocycles. The van der Waals surface area contributed by atoms with Gasteiger partial charge in [0.2, 0.25) is 0 Å². The van der Waals surface area contributed by atoms with Crippen LogP contribution in [-0.4, -0.2) is 30.1 Å². The number of benzene rings is 1. The highest BCUT2D eigenvalue weighted by molar-refractivity contribution is 7.99. The van der Waals surface area contributed by atoms with Gasteiger partial charge in [-0.2, -0.15) is 20.7 Å². The van der Waals surface area contributed by atoms with Crippen LogP contribution in [0.15, 0.2) is 52.6 Å². The average Bonchev–Trinajstić information content (AvgIpc) is 3.43. The summed E-state index contributed by atoms with van der Waals surface area (Å²) in [6.45, 7) is 3.92. The molecule has 1 aliphatic rings. The summed E-state index contributed by atoms with van der Waals surface area (Å²) in [7, 11) is 0. The van der Waals surface area contributed by atoms with Gasteiger partial charge in [0.1, 0.15) is 18.0 Å². The molecular weight excluding hydrogens is 463 g/mol. The summed E-state index contributed by atoms with van der Waals surface area (Å²) in [5, 5.41) is 38.5. The van der Waals surface area contributed by atoms with Crippen LogP contribution < -0.4 is 0 Å². The molecule has 0 spiro atoms. The highest BCUT2D eigenvalue weighted by Gasteiger charge is 2.31. The van der Waals surface area contributed by atoms with E-state index in [1.165, 1.54) is 30.1 Å². The molecule has 0 aliphatic heterocycles. The molecule has 0 bridgehead atoms. The van der Waals surface area contributed by atoms with Gasteiger partial charge in [-0.3, -0.25) is 4.68 Å². The molecule has 1 fully saturated rings. The van der Waals surface area contributed by atoms with Crippen LogP contribution in [0.4, 0.5) is 4.39 Å². The molecule has 1 N–H and O–H groups in total. The Hall–Kier alpha value is -3.66. The first kappa shape index (κ1) is 23.1. The lowest BCUT2D eigenvalue weighted by molar-refractivity contribution is 0.00826. The summed E-state index contributed by atoms with van der Waals surface area (Å²) in [5.41, 5.74) is 3.50. The number of aromatic nitrogens is 4. The number of hydrogen-bond acceptors (Lipinski definition) is 6. The SMILES string of the molecule is Cc1c(-c2cc(Sc3ccc(F)cc3C#N)c3c(C#N)cnn3c2)cnn1[C@H]1CC[C@@](C)(O)CC1. The first-order valence-electron chi connectivity index (χ1n) is 11.4. The lowest BCUT2D eigenvalue weighted by Crippen LogP contribution is -2.31. The van der Waals surface area contributed by atoms with Crippen LogP contribution >= 0.6 is 11.8 Å². The normalized spacial score (nSPS) is 20.0. The van der Waals surface area contributed by atoms with Crippen LogP contribution in [0.5, 0.6) is 0 Å². The Balaban J connectivity index is 1.58. The van der Waals surface area contributed by atoms with Gasteiger partial charge in [0, 0.05) is 32.8 Å². The zero-order valence-electron chi connectivity index (χ0n) is 19.4. The fourth-order valence-electron chi connectivity index (χ4n) is 4.73. The van der Waals surface area contributed by atoms with Crippen LogP contribution in [0, 0.1) is 35.4 Å². The molecule has 0 atom stereocenters. The zero-order valence-corrected chi connectivity index (χ0v) is 20.2. The summed E-state index contributed by atoms with van der Waals surface area (Å²) in [5.74, 6) is -0.473. The number of aliphatic hydroxyl groups is 1. The predicted octanol–water partition coefficient (Wildman–Crippen LogP) is 5.41. The molecule has 7 nitrogen and oxygen atoms in total. The van der Waals surface area contributed by atoms with Crippen molar-refractivity contribution < 1.29 is 9.50 Å². The standard InChI is InChI=1S/C26H23FN6OS/c1-16-22(14-31-33(16)21-5-7-26(2,34)8-6-21)18-10-24(25-19(12-29)13-30-32(25)15-18)35-23-4-3-20(27)9-17(23)11-28/h3-4,9-10,13-15,21,34H,5-8H2,1-2H3/t21-,26+. The van der Waals surface area contributed by atoms with Gasteiger partial charge in [-0.15, -0.1) is 0 Å². The van der Waals surface area contributed by atoms with E-state index in [1.807, 2.05) is 43.1 Å². The molecule has 0 radical (unpaired) electrons. The molecule has 0 saturated heterocycles.